The Morgan fingerprint density at radius 2 is 1.43 bits per heavy atom. The zero-order valence-corrected chi connectivity index (χ0v) is 34.5. The van der Waals surface area contributed by atoms with Gasteiger partial charge >= 0.3 is 0 Å². The summed E-state index contributed by atoms with van der Waals surface area (Å²) in [7, 11) is 0. The second-order valence-electron chi connectivity index (χ2n) is 16.1. The number of nitrogen functional groups attached to an aromatic ring is 1. The zero-order chi connectivity index (χ0) is 42.7. The van der Waals surface area contributed by atoms with Gasteiger partial charge in [-0.15, -0.1) is 0 Å². The highest BCUT2D eigenvalue weighted by molar-refractivity contribution is 6.04. The quantitative estimate of drug-likeness (QED) is 0.0786. The molecule has 4 fully saturated rings. The number of hydrogen-bond donors (Lipinski definition) is 7. The molecule has 61 heavy (non-hydrogen) atoms. The van der Waals surface area contributed by atoms with Gasteiger partial charge in [-0.3, -0.25) is 19.2 Å². The van der Waals surface area contributed by atoms with E-state index in [4.69, 9.17) is 14.8 Å². The van der Waals surface area contributed by atoms with E-state index in [-0.39, 0.29) is 41.3 Å². The average Bonchev–Trinajstić information content (AvgIpc) is 4.22. The van der Waals surface area contributed by atoms with Gasteiger partial charge < -0.3 is 46.7 Å². The Hall–Kier alpha value is -6.20. The van der Waals surface area contributed by atoms with E-state index in [0.29, 0.717) is 40.4 Å². The molecule has 17 nitrogen and oxygen atoms in total. The molecule has 3 aromatic heterocycles. The summed E-state index contributed by atoms with van der Waals surface area (Å²) in [6.07, 6.45) is 11.8. The summed E-state index contributed by atoms with van der Waals surface area (Å²) < 4.78 is 10.6. The predicted octanol–water partition coefficient (Wildman–Crippen LogP) is 4.97. The van der Waals surface area contributed by atoms with E-state index >= 15 is 0 Å². The number of aliphatic imine (C=N–C) groups is 1. The Morgan fingerprint density at radius 1 is 0.820 bits per heavy atom. The van der Waals surface area contributed by atoms with Crippen molar-refractivity contribution in [2.45, 2.75) is 88.6 Å². The van der Waals surface area contributed by atoms with Crippen LogP contribution in [0.4, 0.5) is 11.5 Å². The lowest BCUT2D eigenvalue weighted by Gasteiger charge is -2.31. The van der Waals surface area contributed by atoms with Gasteiger partial charge in [0.15, 0.2) is 11.4 Å². The number of anilines is 2. The van der Waals surface area contributed by atoms with Crippen LogP contribution in [0, 0.1) is 11.8 Å². The smallest absolute Gasteiger partial charge is 0.274 e. The number of hydrogen-bond acceptors (Lipinski definition) is 13. The van der Waals surface area contributed by atoms with E-state index in [1.54, 1.807) is 42.6 Å². The highest BCUT2D eigenvalue weighted by atomic mass is 16.5. The molecule has 0 radical (unpaired) electrons. The van der Waals surface area contributed by atoms with Crippen molar-refractivity contribution in [3.8, 4) is 0 Å². The minimum atomic E-state index is -0.664. The molecule has 2 aliphatic carbocycles. The third-order valence-corrected chi connectivity index (χ3v) is 11.4. The van der Waals surface area contributed by atoms with Crippen LogP contribution in [0.25, 0.3) is 0 Å². The summed E-state index contributed by atoms with van der Waals surface area (Å²) in [5, 5.41) is 26.1. The van der Waals surface area contributed by atoms with Crippen molar-refractivity contribution in [2.75, 3.05) is 37.2 Å². The second-order valence-corrected chi connectivity index (χ2v) is 16.1. The number of aromatic nitrogens is 3. The van der Waals surface area contributed by atoms with E-state index in [1.165, 1.54) is 0 Å². The number of carbonyl (C=O) groups excluding carboxylic acids is 4. The van der Waals surface area contributed by atoms with Crippen molar-refractivity contribution >= 4 is 41.9 Å². The summed E-state index contributed by atoms with van der Waals surface area (Å²) in [6, 6.07) is 13.1. The van der Waals surface area contributed by atoms with Gasteiger partial charge in [-0.25, -0.2) is 9.98 Å². The minimum absolute atomic E-state index is 0.0395. The van der Waals surface area contributed by atoms with Gasteiger partial charge in [0.1, 0.15) is 29.2 Å². The fourth-order valence-electron chi connectivity index (χ4n) is 7.70. The lowest BCUT2D eigenvalue weighted by Crippen LogP contribution is -2.52. The third-order valence-electron chi connectivity index (χ3n) is 11.4. The molecular formula is C44H55N11O6. The summed E-state index contributed by atoms with van der Waals surface area (Å²) in [5.41, 5.74) is 8.17. The van der Waals surface area contributed by atoms with Crippen molar-refractivity contribution in [3.05, 3.63) is 101 Å². The molecule has 2 saturated carbocycles. The molecule has 2 unspecified atom stereocenters. The van der Waals surface area contributed by atoms with E-state index in [2.05, 4.69) is 58.9 Å². The van der Waals surface area contributed by atoms with E-state index in [1.807, 2.05) is 25.1 Å². The first-order valence-electron chi connectivity index (χ1n) is 21.3. The van der Waals surface area contributed by atoms with Crippen molar-refractivity contribution < 1.29 is 28.2 Å². The number of pyridine rings is 1. The lowest BCUT2D eigenvalue weighted by atomic mass is 9.85. The summed E-state index contributed by atoms with van der Waals surface area (Å²) in [4.78, 5) is 59.4. The number of piperidine rings is 2. The van der Waals surface area contributed by atoms with Crippen molar-refractivity contribution in [1.82, 2.24) is 41.9 Å². The molecule has 4 amide bonds. The van der Waals surface area contributed by atoms with Crippen LogP contribution in [0.1, 0.15) is 131 Å². The van der Waals surface area contributed by atoms with Crippen LogP contribution in [0.5, 0.6) is 0 Å². The maximum atomic E-state index is 13.1. The Balaban J connectivity index is 0.000000189. The fraction of sp³-hybridized carbons (Fsp3) is 0.455. The Labute approximate surface area is 354 Å². The monoisotopic (exact) mass is 833 g/mol. The predicted molar refractivity (Wildman–Crippen MR) is 229 cm³/mol. The van der Waals surface area contributed by atoms with Crippen LogP contribution in [0.2, 0.25) is 0 Å². The van der Waals surface area contributed by atoms with Crippen molar-refractivity contribution in [3.63, 3.8) is 0 Å². The van der Waals surface area contributed by atoms with Crippen LogP contribution in [0.3, 0.4) is 0 Å². The van der Waals surface area contributed by atoms with E-state index < -0.39 is 11.9 Å². The molecule has 8 rings (SSSR count). The zero-order valence-electron chi connectivity index (χ0n) is 34.5. The number of benzene rings is 1. The first-order valence-corrected chi connectivity index (χ1v) is 21.3. The minimum Gasteiger partial charge on any atom is -0.399 e. The van der Waals surface area contributed by atoms with Crippen LogP contribution in [-0.4, -0.2) is 77.9 Å². The largest absolute Gasteiger partial charge is 0.399 e. The standard InChI is InChI=1S/C25H28N6O3.C19H27N5O3/c26-19-8-11-28-22(13-19)29-24(32)18-3-1-2-17(12-18)23(16-6-9-27-10-7-16)30-25(33)20-14-21(34-31-20)15-4-5-15;1-3-4-16(20-2)22-19(26)17(13-7-9-21-10-8-13)23-18(25)14-11-15(27-24-14)12-5-6-12/h1-3,8,11-16,23,27H,4-7,9-10H2,(H,30,33)(H3,26,28,29,32);4,11-13,17,21H,2-3,5-10H2,1H3,(H,22,26)(H,23,25)/b;16-4+. The maximum Gasteiger partial charge on any atom is 0.274 e. The fourth-order valence-corrected chi connectivity index (χ4v) is 7.70. The molecule has 1 aromatic carbocycles. The van der Waals surface area contributed by atoms with E-state index in [0.717, 1.165) is 101 Å². The molecule has 0 spiro atoms. The molecular weight excluding hydrogens is 779 g/mol. The number of nitrogens with one attached hydrogen (secondary N) is 6. The van der Waals surface area contributed by atoms with Crippen LogP contribution in [-0.2, 0) is 4.79 Å². The van der Waals surface area contributed by atoms with Gasteiger partial charge in [-0.2, -0.15) is 0 Å². The van der Waals surface area contributed by atoms with Gasteiger partial charge in [0.25, 0.3) is 17.7 Å². The Morgan fingerprint density at radius 3 is 2.00 bits per heavy atom. The normalized spacial score (nSPS) is 18.1. The molecule has 5 heterocycles. The number of nitrogens with two attached hydrogens (primary N) is 1. The van der Waals surface area contributed by atoms with Gasteiger partial charge in [-0.1, -0.05) is 29.4 Å². The van der Waals surface area contributed by atoms with Gasteiger partial charge in [0.2, 0.25) is 5.91 Å². The van der Waals surface area contributed by atoms with Gasteiger partial charge in [0, 0.05) is 47.5 Å². The Kier molecular flexibility index (Phi) is 14.3. The lowest BCUT2D eigenvalue weighted by molar-refractivity contribution is -0.123. The number of carbonyl (C=O) groups is 4. The topological polar surface area (TPSA) is 244 Å². The summed E-state index contributed by atoms with van der Waals surface area (Å²) in [6.45, 7) is 8.84. The molecule has 8 N–H and O–H groups in total. The first-order chi connectivity index (χ1) is 29.7. The third kappa shape index (κ3) is 11.8. The molecule has 17 heteroatoms. The average molecular weight is 834 g/mol. The maximum absolute atomic E-state index is 13.1. The molecule has 322 valence electrons. The highest BCUT2D eigenvalue weighted by Crippen LogP contribution is 2.41. The first kappa shape index (κ1) is 42.9. The van der Waals surface area contributed by atoms with Crippen LogP contribution >= 0.6 is 0 Å². The van der Waals surface area contributed by atoms with E-state index in [9.17, 15) is 19.2 Å². The molecule has 2 aliphatic heterocycles. The van der Waals surface area contributed by atoms with Crippen molar-refractivity contribution in [1.29, 1.82) is 0 Å². The number of amides is 4. The molecule has 2 atom stereocenters. The molecule has 4 aromatic rings. The molecule has 2 saturated heterocycles. The van der Waals surface area contributed by atoms with Crippen LogP contribution < -0.4 is 37.6 Å². The molecule has 0 bridgehead atoms. The second kappa shape index (κ2) is 20.4. The number of nitrogens with zero attached hydrogens (tertiary/aromatic N) is 4. The van der Waals surface area contributed by atoms with Gasteiger partial charge in [-0.05, 0) is 132 Å². The SMILES string of the molecule is C=N/C(=C\CC)NC(=O)C(NC(=O)c1cc(C2CC2)on1)C1CCNCC1.Nc1ccnc(NC(=O)c2cccc(C(NC(=O)c3cc(C4CC4)on3)C3CCNCC3)c2)c1. The number of rotatable bonds is 15. The Bertz CT molecular complexity index is 2200. The summed E-state index contributed by atoms with van der Waals surface area (Å²) >= 11 is 0. The number of allylic oxidation sites excluding steroid dienone is 1. The van der Waals surface area contributed by atoms with Crippen molar-refractivity contribution in [2.24, 2.45) is 16.8 Å². The van der Waals surface area contributed by atoms with Crippen LogP contribution in [0.15, 0.2) is 80.7 Å². The highest BCUT2D eigenvalue weighted by Gasteiger charge is 2.34. The molecule has 4 aliphatic rings. The van der Waals surface area contributed by atoms with Gasteiger partial charge in [0.05, 0.1) is 6.04 Å². The summed E-state index contributed by atoms with van der Waals surface area (Å²) in [5.74, 6) is 2.12.